The molecule has 1 aromatic heterocycles. The highest BCUT2D eigenvalue weighted by Crippen LogP contribution is 2.06. The molecule has 4 N–H and O–H groups in total. The van der Waals surface area contributed by atoms with Crippen LogP contribution in [0.3, 0.4) is 0 Å². The highest BCUT2D eigenvalue weighted by atomic mass is 16.4. The van der Waals surface area contributed by atoms with Crippen LogP contribution in [0.25, 0.3) is 0 Å². The van der Waals surface area contributed by atoms with Gasteiger partial charge in [0.2, 0.25) is 0 Å². The third-order valence-electron chi connectivity index (χ3n) is 2.53. The maximum atomic E-state index is 12.0. The summed E-state index contributed by atoms with van der Waals surface area (Å²) in [5.41, 5.74) is 7.11. The van der Waals surface area contributed by atoms with E-state index in [1.165, 1.54) is 0 Å². The Morgan fingerprint density at radius 2 is 2.22 bits per heavy atom. The van der Waals surface area contributed by atoms with Gasteiger partial charge in [-0.3, -0.25) is 4.79 Å². The van der Waals surface area contributed by atoms with Crippen LogP contribution in [0.4, 0.5) is 0 Å². The van der Waals surface area contributed by atoms with E-state index in [0.29, 0.717) is 23.4 Å². The van der Waals surface area contributed by atoms with Crippen molar-refractivity contribution >= 4 is 11.7 Å². The largest absolute Gasteiger partial charge is 0.409 e. The number of oxime groups is 1. The number of hydrogen-bond donors (Lipinski definition) is 3. The van der Waals surface area contributed by atoms with E-state index < -0.39 is 6.04 Å². The fourth-order valence-electron chi connectivity index (χ4n) is 1.47. The van der Waals surface area contributed by atoms with Gasteiger partial charge in [0.25, 0.3) is 5.91 Å². The predicted molar refractivity (Wildman–Crippen MR) is 66.5 cm³/mol. The molecule has 7 heteroatoms. The minimum absolute atomic E-state index is 0.0257. The molecular weight excluding hydrogens is 234 g/mol. The quantitative estimate of drug-likeness (QED) is 0.309. The van der Waals surface area contributed by atoms with E-state index in [4.69, 9.17) is 10.9 Å². The lowest BCUT2D eigenvalue weighted by Crippen LogP contribution is -2.44. The fourth-order valence-corrected chi connectivity index (χ4v) is 1.47. The number of nitrogens with one attached hydrogen (secondary N) is 1. The van der Waals surface area contributed by atoms with Gasteiger partial charge in [0.15, 0.2) is 5.84 Å². The summed E-state index contributed by atoms with van der Waals surface area (Å²) in [4.78, 5) is 12.0. The third-order valence-corrected chi connectivity index (χ3v) is 2.53. The molecule has 0 aliphatic rings. The smallest absolute Gasteiger partial charge is 0.253 e. The molecule has 0 saturated heterocycles. The summed E-state index contributed by atoms with van der Waals surface area (Å²) < 4.78 is 0. The molecule has 1 aromatic rings. The van der Waals surface area contributed by atoms with E-state index >= 15 is 0 Å². The molecule has 0 spiro atoms. The summed E-state index contributed by atoms with van der Waals surface area (Å²) in [5, 5.41) is 21.9. The first-order chi connectivity index (χ1) is 8.49. The van der Waals surface area contributed by atoms with E-state index in [1.54, 1.807) is 19.9 Å². The van der Waals surface area contributed by atoms with Crippen molar-refractivity contribution in [2.45, 2.75) is 33.2 Å². The number of nitrogens with zero attached hydrogens (tertiary/aromatic N) is 3. The minimum Gasteiger partial charge on any atom is -0.409 e. The first-order valence-corrected chi connectivity index (χ1v) is 5.58. The normalized spacial score (nSPS) is 13.2. The van der Waals surface area contributed by atoms with Gasteiger partial charge in [-0.2, -0.15) is 10.2 Å². The minimum atomic E-state index is -0.504. The van der Waals surface area contributed by atoms with Crippen molar-refractivity contribution in [2.75, 3.05) is 0 Å². The molecule has 0 saturated carbocycles. The van der Waals surface area contributed by atoms with Gasteiger partial charge in [-0.15, -0.1) is 0 Å². The number of carbonyl (C=O) groups is 1. The molecule has 0 aliphatic heterocycles. The number of rotatable bonds is 4. The maximum absolute atomic E-state index is 12.0. The summed E-state index contributed by atoms with van der Waals surface area (Å²) in [5.74, 6) is -0.341. The SMILES string of the molecule is CCC(NC(=O)c1cc(C)nnc1C)/C(N)=N/O. The number of aryl methyl sites for hydroxylation is 2. The summed E-state index contributed by atoms with van der Waals surface area (Å²) in [6, 6.07) is 1.15. The summed E-state index contributed by atoms with van der Waals surface area (Å²) in [6.45, 7) is 5.28. The van der Waals surface area contributed by atoms with Crippen LogP contribution < -0.4 is 11.1 Å². The highest BCUT2D eigenvalue weighted by molar-refractivity contribution is 5.98. The van der Waals surface area contributed by atoms with Crippen molar-refractivity contribution in [1.29, 1.82) is 0 Å². The van der Waals surface area contributed by atoms with Crippen LogP contribution in [0.5, 0.6) is 0 Å². The van der Waals surface area contributed by atoms with Crippen LogP contribution in [0, 0.1) is 13.8 Å². The van der Waals surface area contributed by atoms with Gasteiger partial charge in [0, 0.05) is 0 Å². The number of amides is 1. The summed E-state index contributed by atoms with van der Waals surface area (Å²) >= 11 is 0. The number of hydrogen-bond acceptors (Lipinski definition) is 5. The Labute approximate surface area is 105 Å². The molecule has 18 heavy (non-hydrogen) atoms. The van der Waals surface area contributed by atoms with Crippen LogP contribution in [0.1, 0.15) is 35.1 Å². The zero-order valence-corrected chi connectivity index (χ0v) is 10.6. The van der Waals surface area contributed by atoms with Crippen molar-refractivity contribution in [3.8, 4) is 0 Å². The molecule has 1 unspecified atom stereocenters. The molecule has 1 amide bonds. The van der Waals surface area contributed by atoms with Crippen LogP contribution in [0.15, 0.2) is 11.2 Å². The monoisotopic (exact) mass is 251 g/mol. The summed E-state index contributed by atoms with van der Waals surface area (Å²) in [7, 11) is 0. The Morgan fingerprint density at radius 3 is 2.78 bits per heavy atom. The zero-order chi connectivity index (χ0) is 13.7. The van der Waals surface area contributed by atoms with Crippen molar-refractivity contribution in [1.82, 2.24) is 15.5 Å². The van der Waals surface area contributed by atoms with Crippen LogP contribution >= 0.6 is 0 Å². The number of nitrogens with two attached hydrogens (primary N) is 1. The van der Waals surface area contributed by atoms with Gasteiger partial charge in [0.1, 0.15) is 0 Å². The van der Waals surface area contributed by atoms with Crippen LogP contribution in [-0.4, -0.2) is 33.2 Å². The average Bonchev–Trinajstić information content (AvgIpc) is 2.37. The molecule has 0 aromatic carbocycles. The second kappa shape index (κ2) is 5.95. The Kier molecular flexibility index (Phi) is 4.59. The van der Waals surface area contributed by atoms with Crippen molar-refractivity contribution < 1.29 is 10.0 Å². The molecule has 7 nitrogen and oxygen atoms in total. The Morgan fingerprint density at radius 1 is 1.56 bits per heavy atom. The lowest BCUT2D eigenvalue weighted by molar-refractivity contribution is 0.0944. The number of amidine groups is 1. The first-order valence-electron chi connectivity index (χ1n) is 5.58. The van der Waals surface area contributed by atoms with E-state index in [2.05, 4.69) is 20.7 Å². The zero-order valence-electron chi connectivity index (χ0n) is 10.6. The Bertz CT molecular complexity index is 473. The van der Waals surface area contributed by atoms with E-state index in [1.807, 2.05) is 6.92 Å². The molecule has 0 radical (unpaired) electrons. The third kappa shape index (κ3) is 3.16. The van der Waals surface area contributed by atoms with E-state index in [0.717, 1.165) is 0 Å². The second-order valence-electron chi connectivity index (χ2n) is 3.94. The molecule has 0 bridgehead atoms. The Balaban J connectivity index is 2.91. The van der Waals surface area contributed by atoms with E-state index in [9.17, 15) is 4.79 Å². The topological polar surface area (TPSA) is 113 Å². The lowest BCUT2D eigenvalue weighted by Gasteiger charge is -2.15. The van der Waals surface area contributed by atoms with Crippen molar-refractivity contribution in [2.24, 2.45) is 10.9 Å². The maximum Gasteiger partial charge on any atom is 0.253 e. The van der Waals surface area contributed by atoms with Gasteiger partial charge in [-0.1, -0.05) is 12.1 Å². The van der Waals surface area contributed by atoms with Gasteiger partial charge >= 0.3 is 0 Å². The van der Waals surface area contributed by atoms with Crippen molar-refractivity contribution in [3.05, 3.63) is 23.0 Å². The molecule has 1 atom stereocenters. The van der Waals surface area contributed by atoms with Gasteiger partial charge in [0.05, 0.1) is 23.0 Å². The van der Waals surface area contributed by atoms with Crippen LogP contribution in [0.2, 0.25) is 0 Å². The lowest BCUT2D eigenvalue weighted by atomic mass is 10.1. The summed E-state index contributed by atoms with van der Waals surface area (Å²) in [6.07, 6.45) is 0.526. The van der Waals surface area contributed by atoms with Gasteiger partial charge < -0.3 is 16.3 Å². The van der Waals surface area contributed by atoms with Crippen molar-refractivity contribution in [3.63, 3.8) is 0 Å². The van der Waals surface area contributed by atoms with Crippen LogP contribution in [-0.2, 0) is 0 Å². The number of aromatic nitrogens is 2. The van der Waals surface area contributed by atoms with Gasteiger partial charge in [-0.25, -0.2) is 0 Å². The number of carbonyl (C=O) groups excluding carboxylic acids is 1. The predicted octanol–water partition coefficient (Wildman–Crippen LogP) is 0.348. The highest BCUT2D eigenvalue weighted by Gasteiger charge is 2.18. The fraction of sp³-hybridized carbons (Fsp3) is 0.455. The molecular formula is C11H17N5O2. The molecule has 1 rings (SSSR count). The standard InChI is InChI=1S/C11H17N5O2/c1-4-9(10(12)16-18)13-11(17)8-5-6(2)14-15-7(8)3/h5,9,18H,4H2,1-3H3,(H2,12,16)(H,13,17). The first kappa shape index (κ1) is 13.9. The Hall–Kier alpha value is -2.18. The molecule has 0 fully saturated rings. The molecule has 1 heterocycles. The molecule has 98 valence electrons. The van der Waals surface area contributed by atoms with Gasteiger partial charge in [-0.05, 0) is 26.3 Å². The second-order valence-corrected chi connectivity index (χ2v) is 3.94. The molecule has 0 aliphatic carbocycles. The average molecular weight is 251 g/mol. The van der Waals surface area contributed by atoms with E-state index in [-0.39, 0.29) is 11.7 Å².